The number of hydrogen-bond donors (Lipinski definition) is 1. The number of thiophene rings is 1. The molecule has 2 aromatic heterocycles. The summed E-state index contributed by atoms with van der Waals surface area (Å²) in [6, 6.07) is 3.72. The van der Waals surface area contributed by atoms with Gasteiger partial charge in [0.15, 0.2) is 0 Å². The summed E-state index contributed by atoms with van der Waals surface area (Å²) in [6.07, 6.45) is 4.57. The fourth-order valence-electron chi connectivity index (χ4n) is 2.67. The summed E-state index contributed by atoms with van der Waals surface area (Å²) in [5.74, 6) is 0.739. The lowest BCUT2D eigenvalue weighted by atomic mass is 9.90. The Kier molecular flexibility index (Phi) is 3.35. The number of carbonyl (C=O) groups is 1. The van der Waals surface area contributed by atoms with Gasteiger partial charge in [0.05, 0.1) is 4.88 Å². The normalized spacial score (nSPS) is 18.2. The first-order valence-electron chi connectivity index (χ1n) is 6.63. The molecule has 0 unspecified atom stereocenters. The Morgan fingerprint density at radius 1 is 1.45 bits per heavy atom. The molecule has 2 aromatic rings. The number of nitrogens with zero attached hydrogens (tertiary/aromatic N) is 3. The Morgan fingerprint density at radius 2 is 2.20 bits per heavy atom. The molecule has 0 spiro atoms. The molecule has 1 saturated heterocycles. The van der Waals surface area contributed by atoms with Crippen molar-refractivity contribution in [2.45, 2.75) is 18.4 Å². The number of rotatable bonds is 2. The maximum atomic E-state index is 12.3. The van der Waals surface area contributed by atoms with Gasteiger partial charge in [-0.3, -0.25) is 4.79 Å². The molecule has 106 valence electrons. The second kappa shape index (κ2) is 5.03. The topological polar surface area (TPSA) is 58.4 Å². The molecule has 5 nitrogen and oxygen atoms in total. The highest BCUT2D eigenvalue weighted by Crippen LogP contribution is 2.32. The fourth-order valence-corrected chi connectivity index (χ4v) is 3.36. The smallest absolute Gasteiger partial charge is 0.263 e. The number of aromatic nitrogens is 2. The van der Waals surface area contributed by atoms with Gasteiger partial charge < -0.3 is 14.6 Å². The SMILES string of the molecule is Cn1ccnc1C1(O)CCN(C(=O)c2cccs2)CC1. The molecule has 20 heavy (non-hydrogen) atoms. The minimum Gasteiger partial charge on any atom is -0.382 e. The first kappa shape index (κ1) is 13.3. The Balaban J connectivity index is 1.71. The lowest BCUT2D eigenvalue weighted by Gasteiger charge is -2.37. The predicted molar refractivity (Wildman–Crippen MR) is 76.6 cm³/mol. The van der Waals surface area contributed by atoms with Gasteiger partial charge in [-0.25, -0.2) is 4.98 Å². The molecule has 1 amide bonds. The van der Waals surface area contributed by atoms with Crippen molar-refractivity contribution < 1.29 is 9.90 Å². The number of carbonyl (C=O) groups excluding carboxylic acids is 1. The highest BCUT2D eigenvalue weighted by atomic mass is 32.1. The largest absolute Gasteiger partial charge is 0.382 e. The van der Waals surface area contributed by atoms with Gasteiger partial charge >= 0.3 is 0 Å². The van der Waals surface area contributed by atoms with Crippen molar-refractivity contribution in [1.29, 1.82) is 0 Å². The summed E-state index contributed by atoms with van der Waals surface area (Å²) in [7, 11) is 1.88. The number of hydrogen-bond acceptors (Lipinski definition) is 4. The van der Waals surface area contributed by atoms with Gasteiger partial charge in [0.2, 0.25) is 0 Å². The molecule has 0 saturated carbocycles. The van der Waals surface area contributed by atoms with Crippen LogP contribution in [0.3, 0.4) is 0 Å². The summed E-state index contributed by atoms with van der Waals surface area (Å²) in [5, 5.41) is 12.6. The van der Waals surface area contributed by atoms with Crippen LogP contribution >= 0.6 is 11.3 Å². The third-order valence-corrected chi connectivity index (χ3v) is 4.71. The van der Waals surface area contributed by atoms with Crippen LogP contribution in [0.25, 0.3) is 0 Å². The Morgan fingerprint density at radius 3 is 2.75 bits per heavy atom. The van der Waals surface area contributed by atoms with E-state index in [1.54, 1.807) is 6.20 Å². The monoisotopic (exact) mass is 291 g/mol. The van der Waals surface area contributed by atoms with Gasteiger partial charge in [0.25, 0.3) is 5.91 Å². The van der Waals surface area contributed by atoms with Gasteiger partial charge in [0, 0.05) is 45.4 Å². The molecular weight excluding hydrogens is 274 g/mol. The van der Waals surface area contributed by atoms with Gasteiger partial charge in [-0.15, -0.1) is 11.3 Å². The van der Waals surface area contributed by atoms with Crippen LogP contribution in [0.4, 0.5) is 0 Å². The molecule has 0 radical (unpaired) electrons. The number of aryl methyl sites for hydroxylation is 1. The first-order chi connectivity index (χ1) is 9.60. The average Bonchev–Trinajstić information content (AvgIpc) is 3.10. The lowest BCUT2D eigenvalue weighted by molar-refractivity contribution is -0.0296. The maximum absolute atomic E-state index is 12.3. The zero-order valence-electron chi connectivity index (χ0n) is 11.3. The van der Waals surface area contributed by atoms with E-state index < -0.39 is 5.60 Å². The molecule has 0 aliphatic carbocycles. The van der Waals surface area contributed by atoms with Crippen LogP contribution in [0.2, 0.25) is 0 Å². The Hall–Kier alpha value is -1.66. The summed E-state index contributed by atoms with van der Waals surface area (Å²) in [4.78, 5) is 19.1. The van der Waals surface area contributed by atoms with Crippen LogP contribution in [0.1, 0.15) is 28.3 Å². The lowest BCUT2D eigenvalue weighted by Crippen LogP contribution is -2.46. The Bertz CT molecular complexity index is 598. The second-order valence-corrected chi connectivity index (χ2v) is 6.11. The van der Waals surface area contributed by atoms with E-state index in [-0.39, 0.29) is 5.91 Å². The average molecular weight is 291 g/mol. The summed E-state index contributed by atoms with van der Waals surface area (Å²) in [5.41, 5.74) is -0.926. The van der Waals surface area contributed by atoms with Crippen LogP contribution in [-0.4, -0.2) is 38.6 Å². The van der Waals surface area contributed by atoms with Gasteiger partial charge in [-0.2, -0.15) is 0 Å². The van der Waals surface area contributed by atoms with Crippen molar-refractivity contribution in [3.05, 3.63) is 40.6 Å². The van der Waals surface area contributed by atoms with Crippen LogP contribution in [0, 0.1) is 0 Å². The predicted octanol–water partition coefficient (Wildman–Crippen LogP) is 1.61. The van der Waals surface area contributed by atoms with Crippen molar-refractivity contribution in [3.8, 4) is 0 Å². The van der Waals surface area contributed by atoms with E-state index in [1.165, 1.54) is 11.3 Å². The zero-order valence-corrected chi connectivity index (χ0v) is 12.1. The number of aliphatic hydroxyl groups is 1. The first-order valence-corrected chi connectivity index (χ1v) is 7.51. The summed E-state index contributed by atoms with van der Waals surface area (Å²) in [6.45, 7) is 1.11. The molecule has 0 bridgehead atoms. The summed E-state index contributed by atoms with van der Waals surface area (Å²) < 4.78 is 1.84. The molecule has 3 rings (SSSR count). The molecule has 1 N–H and O–H groups in total. The molecule has 0 aromatic carbocycles. The minimum atomic E-state index is -0.926. The molecule has 1 fully saturated rings. The number of likely N-dealkylation sites (tertiary alicyclic amines) is 1. The second-order valence-electron chi connectivity index (χ2n) is 5.16. The van der Waals surface area contributed by atoms with Crippen LogP contribution < -0.4 is 0 Å². The quantitative estimate of drug-likeness (QED) is 0.914. The van der Waals surface area contributed by atoms with E-state index >= 15 is 0 Å². The molecule has 1 aliphatic heterocycles. The number of amides is 1. The highest BCUT2D eigenvalue weighted by molar-refractivity contribution is 7.12. The number of piperidine rings is 1. The summed E-state index contributed by atoms with van der Waals surface area (Å²) >= 11 is 1.45. The van der Waals surface area contributed by atoms with Gasteiger partial charge in [0.1, 0.15) is 11.4 Å². The van der Waals surface area contributed by atoms with Crippen LogP contribution in [0.15, 0.2) is 29.9 Å². The highest BCUT2D eigenvalue weighted by Gasteiger charge is 2.38. The third-order valence-electron chi connectivity index (χ3n) is 3.85. The van der Waals surface area contributed by atoms with E-state index in [1.807, 2.05) is 40.2 Å². The molecular formula is C14H17N3O2S. The molecule has 6 heteroatoms. The van der Waals surface area contributed by atoms with Gasteiger partial charge in [-0.1, -0.05) is 6.07 Å². The van der Waals surface area contributed by atoms with E-state index in [0.717, 1.165) is 4.88 Å². The minimum absolute atomic E-state index is 0.0573. The Labute approximate surface area is 121 Å². The van der Waals surface area contributed by atoms with E-state index in [2.05, 4.69) is 4.98 Å². The van der Waals surface area contributed by atoms with Gasteiger partial charge in [-0.05, 0) is 11.4 Å². The van der Waals surface area contributed by atoms with E-state index in [9.17, 15) is 9.90 Å². The van der Waals surface area contributed by atoms with Crippen LogP contribution in [-0.2, 0) is 12.6 Å². The van der Waals surface area contributed by atoms with Crippen molar-refractivity contribution in [3.63, 3.8) is 0 Å². The van der Waals surface area contributed by atoms with E-state index in [4.69, 9.17) is 0 Å². The van der Waals surface area contributed by atoms with Crippen molar-refractivity contribution in [1.82, 2.24) is 14.5 Å². The van der Waals surface area contributed by atoms with Crippen LogP contribution in [0.5, 0.6) is 0 Å². The zero-order chi connectivity index (χ0) is 14.2. The van der Waals surface area contributed by atoms with Crippen molar-refractivity contribution in [2.75, 3.05) is 13.1 Å². The molecule has 0 atom stereocenters. The number of imidazole rings is 1. The van der Waals surface area contributed by atoms with Crippen molar-refractivity contribution >= 4 is 17.2 Å². The molecule has 3 heterocycles. The fraction of sp³-hybridized carbons (Fsp3) is 0.429. The molecule has 1 aliphatic rings. The third kappa shape index (κ3) is 2.25. The van der Waals surface area contributed by atoms with E-state index in [0.29, 0.717) is 31.8 Å². The maximum Gasteiger partial charge on any atom is 0.263 e. The van der Waals surface area contributed by atoms with Crippen molar-refractivity contribution in [2.24, 2.45) is 7.05 Å². The standard InChI is InChI=1S/C14H17N3O2S/c1-16-9-6-15-13(16)14(19)4-7-17(8-5-14)12(18)11-3-2-10-20-11/h2-3,6,9-10,19H,4-5,7-8H2,1H3.